The number of urea groups is 1. The Morgan fingerprint density at radius 3 is 2.36 bits per heavy atom. The molecule has 1 aliphatic heterocycles. The Morgan fingerprint density at radius 2 is 1.73 bits per heavy atom. The molecule has 1 aromatic carbocycles. The van der Waals surface area contributed by atoms with Crippen molar-refractivity contribution < 1.29 is 29.0 Å². The van der Waals surface area contributed by atoms with Gasteiger partial charge >= 0.3 is 12.1 Å². The molecule has 0 bridgehead atoms. The fourth-order valence-corrected chi connectivity index (χ4v) is 6.52. The zero-order valence-corrected chi connectivity index (χ0v) is 34.1. The summed E-state index contributed by atoms with van der Waals surface area (Å²) < 4.78 is 4.78. The first kappa shape index (κ1) is 44.7. The molecule has 13 heteroatoms. The number of carbonyl (C=O) groups is 4. The lowest BCUT2D eigenvalue weighted by Gasteiger charge is -2.35. The van der Waals surface area contributed by atoms with Gasteiger partial charge in [-0.1, -0.05) is 103 Å². The topological polar surface area (TPSA) is 156 Å². The van der Waals surface area contributed by atoms with Gasteiger partial charge in [-0.05, 0) is 48.8 Å². The molecule has 2 aromatic rings. The van der Waals surface area contributed by atoms with E-state index < -0.39 is 41.6 Å². The first-order chi connectivity index (χ1) is 26.2. The summed E-state index contributed by atoms with van der Waals surface area (Å²) in [5.74, 6) is 5.24. The van der Waals surface area contributed by atoms with Crippen LogP contribution in [0, 0.1) is 30.1 Å². The molecule has 1 saturated heterocycles. The molecule has 0 radical (unpaired) electrons. The lowest BCUT2D eigenvalue weighted by Crippen LogP contribution is -2.60. The van der Waals surface area contributed by atoms with E-state index in [-0.39, 0.29) is 30.9 Å². The second-order valence-corrected chi connectivity index (χ2v) is 15.5. The molecular formula is C42H63N7O6. The van der Waals surface area contributed by atoms with Crippen molar-refractivity contribution >= 4 is 23.9 Å². The Morgan fingerprint density at radius 1 is 1.00 bits per heavy atom. The number of aryl methyl sites for hydroxylation is 1. The number of nitrogens with zero attached hydrogens (tertiary/aromatic N) is 4. The number of hydrogen-bond donors (Lipinski definition) is 4. The summed E-state index contributed by atoms with van der Waals surface area (Å²) in [5.41, 5.74) is 4.73. The van der Waals surface area contributed by atoms with Crippen LogP contribution in [0.25, 0.3) is 0 Å². The smallest absolute Gasteiger partial charge is 0.407 e. The number of unbranched alkanes of at least 4 members (excludes halogenated alkanes) is 3. The van der Waals surface area contributed by atoms with Crippen molar-refractivity contribution in [3.63, 3.8) is 0 Å². The minimum atomic E-state index is -1.18. The molecule has 4 N–H and O–H groups in total. The van der Waals surface area contributed by atoms with Gasteiger partial charge in [-0.2, -0.15) is 0 Å². The zero-order valence-electron chi connectivity index (χ0n) is 34.1. The van der Waals surface area contributed by atoms with Crippen LogP contribution in [0.1, 0.15) is 90.6 Å². The maximum Gasteiger partial charge on any atom is 0.407 e. The van der Waals surface area contributed by atoms with Crippen LogP contribution in [-0.2, 0) is 27.3 Å². The number of hydrogen-bond acceptors (Lipinski definition) is 8. The Balaban J connectivity index is 1.88. The Labute approximate surface area is 327 Å². The number of carbonyl (C=O) groups excluding carboxylic acids is 4. The zero-order chi connectivity index (χ0) is 40.5. The summed E-state index contributed by atoms with van der Waals surface area (Å²) in [6.45, 7) is 14.6. The van der Waals surface area contributed by atoms with Crippen molar-refractivity contribution in [3.05, 3.63) is 65.5 Å². The fraction of sp³-hybridized carbons (Fsp3) is 0.595. The summed E-state index contributed by atoms with van der Waals surface area (Å²) in [7, 11) is 1.23. The molecule has 1 aromatic heterocycles. The highest BCUT2D eigenvalue weighted by Crippen LogP contribution is 2.23. The van der Waals surface area contributed by atoms with Gasteiger partial charge in [0.25, 0.3) is 5.91 Å². The third-order valence-electron chi connectivity index (χ3n) is 9.86. The highest BCUT2D eigenvalue weighted by atomic mass is 16.5. The standard InChI is InChI=1S/C42H63N7O6/c1-9-11-12-13-14-18-24-48(46-39(52)37(42(5,6)7)45-40(53)55-8)29-35(50)34(27-32-21-16-15-17-22-32)44-38(51)36(30(3)10-2)49-26-25-47(41(49)54)28-33-23-19-20-31(4)43-33/h15-17,19-23,30,34-37,50H,9-13,24-29H2,1-8H3,(H,44,51)(H,45,53)(H,46,52)/t30-,34-,35-,36-,37+/m0/s1. The van der Waals surface area contributed by atoms with Crippen molar-refractivity contribution in [3.8, 4) is 11.8 Å². The Bertz CT molecular complexity index is 1600. The van der Waals surface area contributed by atoms with E-state index in [9.17, 15) is 24.3 Å². The van der Waals surface area contributed by atoms with Crippen LogP contribution in [0.4, 0.5) is 9.59 Å². The van der Waals surface area contributed by atoms with Crippen LogP contribution < -0.4 is 16.1 Å². The van der Waals surface area contributed by atoms with E-state index in [0.29, 0.717) is 38.9 Å². The Kier molecular flexibility index (Phi) is 17.9. The summed E-state index contributed by atoms with van der Waals surface area (Å²) in [6.07, 6.45) is 2.80. The number of amides is 5. The quantitative estimate of drug-likeness (QED) is 0.0903. The van der Waals surface area contributed by atoms with E-state index in [1.54, 1.807) is 9.80 Å². The van der Waals surface area contributed by atoms with Crippen LogP contribution in [0.2, 0.25) is 0 Å². The van der Waals surface area contributed by atoms with E-state index in [1.807, 2.05) is 90.1 Å². The average Bonchev–Trinajstić information content (AvgIpc) is 3.49. The molecule has 5 amide bonds. The van der Waals surface area contributed by atoms with Gasteiger partial charge in [-0.3, -0.25) is 20.0 Å². The molecular weight excluding hydrogens is 699 g/mol. The monoisotopic (exact) mass is 761 g/mol. The number of hydrazine groups is 1. The third kappa shape index (κ3) is 14.2. The van der Waals surface area contributed by atoms with Gasteiger partial charge in [0, 0.05) is 31.7 Å². The van der Waals surface area contributed by atoms with Crippen LogP contribution in [0.5, 0.6) is 0 Å². The first-order valence-corrected chi connectivity index (χ1v) is 19.5. The van der Waals surface area contributed by atoms with Crippen molar-refractivity contribution in [2.75, 3.05) is 33.3 Å². The van der Waals surface area contributed by atoms with Gasteiger partial charge in [0.15, 0.2) is 0 Å². The summed E-state index contributed by atoms with van der Waals surface area (Å²) in [5, 5.41) is 19.2. The van der Waals surface area contributed by atoms with Gasteiger partial charge in [-0.15, -0.1) is 5.92 Å². The van der Waals surface area contributed by atoms with Crippen LogP contribution in [0.15, 0.2) is 48.5 Å². The number of benzene rings is 1. The molecule has 0 unspecified atom stereocenters. The van der Waals surface area contributed by atoms with E-state index in [0.717, 1.165) is 36.2 Å². The largest absolute Gasteiger partial charge is 0.453 e. The first-order valence-electron chi connectivity index (χ1n) is 19.5. The highest BCUT2D eigenvalue weighted by Gasteiger charge is 2.41. The number of aliphatic hydroxyl groups is 1. The molecule has 13 nitrogen and oxygen atoms in total. The number of aliphatic hydroxyl groups excluding tert-OH is 1. The van der Waals surface area contributed by atoms with Crippen molar-refractivity contribution in [2.45, 2.75) is 118 Å². The average molecular weight is 762 g/mol. The molecule has 3 rings (SSSR count). The summed E-state index contributed by atoms with van der Waals surface area (Å²) in [4.78, 5) is 62.0. The van der Waals surface area contributed by atoms with Gasteiger partial charge in [-0.25, -0.2) is 14.6 Å². The number of nitrogens with one attached hydrogen (secondary N) is 3. The van der Waals surface area contributed by atoms with E-state index in [4.69, 9.17) is 4.74 Å². The molecule has 0 aliphatic carbocycles. The minimum absolute atomic E-state index is 0.0871. The van der Waals surface area contributed by atoms with Gasteiger partial charge in [0.2, 0.25) is 5.91 Å². The maximum atomic E-state index is 14.4. The Hall–Kier alpha value is -4.67. The number of methoxy groups -OCH3 is 1. The molecule has 1 aliphatic rings. The second kappa shape index (κ2) is 22.0. The molecule has 2 heterocycles. The summed E-state index contributed by atoms with van der Waals surface area (Å²) in [6, 6.07) is 12.5. The lowest BCUT2D eigenvalue weighted by molar-refractivity contribution is -0.132. The number of alkyl carbamates (subject to hydrolysis) is 1. The van der Waals surface area contributed by atoms with Gasteiger partial charge in [0.1, 0.15) is 12.1 Å². The minimum Gasteiger partial charge on any atom is -0.453 e. The number of ether oxygens (including phenoxy) is 1. The van der Waals surface area contributed by atoms with E-state index >= 15 is 0 Å². The SMILES string of the molecule is CCCCCC#CCN(C[C@H](O)[C@H](Cc1ccccc1)NC(=O)[C@H]([C@@H](C)CC)N1CCN(Cc2cccc(C)n2)C1=O)NC(=O)[C@@H](NC(=O)OC)C(C)(C)C. The molecule has 0 spiro atoms. The summed E-state index contributed by atoms with van der Waals surface area (Å²) >= 11 is 0. The predicted octanol–water partition coefficient (Wildman–Crippen LogP) is 4.82. The van der Waals surface area contributed by atoms with E-state index in [1.165, 1.54) is 12.1 Å². The van der Waals surface area contributed by atoms with Gasteiger partial charge < -0.3 is 30.3 Å². The maximum absolute atomic E-state index is 14.4. The molecule has 55 heavy (non-hydrogen) atoms. The van der Waals surface area contributed by atoms with Crippen molar-refractivity contribution in [1.82, 2.24) is 35.9 Å². The number of pyridine rings is 1. The van der Waals surface area contributed by atoms with Crippen LogP contribution >= 0.6 is 0 Å². The normalized spacial score (nSPS) is 15.7. The number of aromatic nitrogens is 1. The van der Waals surface area contributed by atoms with E-state index in [2.05, 4.69) is 39.8 Å². The third-order valence-corrected chi connectivity index (χ3v) is 9.86. The van der Waals surface area contributed by atoms with Crippen molar-refractivity contribution in [2.24, 2.45) is 11.3 Å². The molecule has 5 atom stereocenters. The second-order valence-electron chi connectivity index (χ2n) is 15.5. The van der Waals surface area contributed by atoms with Gasteiger partial charge in [0.05, 0.1) is 38.0 Å². The van der Waals surface area contributed by atoms with Crippen LogP contribution in [-0.4, -0.2) is 106 Å². The van der Waals surface area contributed by atoms with Crippen LogP contribution in [0.3, 0.4) is 0 Å². The molecule has 302 valence electrons. The highest BCUT2D eigenvalue weighted by molar-refractivity contribution is 5.88. The fourth-order valence-electron chi connectivity index (χ4n) is 6.52. The lowest BCUT2D eigenvalue weighted by atomic mass is 9.86. The molecule has 0 saturated carbocycles. The molecule has 1 fully saturated rings. The number of rotatable bonds is 19. The van der Waals surface area contributed by atoms with Crippen molar-refractivity contribution in [1.29, 1.82) is 0 Å². The predicted molar refractivity (Wildman–Crippen MR) is 213 cm³/mol.